The van der Waals surface area contributed by atoms with Crippen LogP contribution in [0.2, 0.25) is 0 Å². The second kappa shape index (κ2) is 5.56. The largest absolute Gasteiger partial charge is 0.496 e. The molecule has 0 amide bonds. The van der Waals surface area contributed by atoms with Crippen molar-refractivity contribution >= 4 is 11.5 Å². The third-order valence-electron chi connectivity index (χ3n) is 3.87. The summed E-state index contributed by atoms with van der Waals surface area (Å²) >= 11 is 0. The lowest BCUT2D eigenvalue weighted by molar-refractivity contribution is 0.0700. The highest BCUT2D eigenvalue weighted by Crippen LogP contribution is 2.32. The number of aromatic nitrogens is 1. The van der Waals surface area contributed by atoms with Gasteiger partial charge in [0.15, 0.2) is 0 Å². The maximum Gasteiger partial charge on any atom is 0.338 e. The highest BCUT2D eigenvalue weighted by molar-refractivity contribution is 6.03. The van der Waals surface area contributed by atoms with E-state index in [1.54, 1.807) is 7.11 Å². The average molecular weight is 295 g/mol. The standard InChI is InChI=1S/C18H17NO3/c1-3-12-10-13(7-8-16(12)22-2)14-11-19-9-5-4-6-15(19)17(14)18(20)21/h4-11H,3H2,1-2H3,(H,20,21). The minimum atomic E-state index is -0.919. The first-order chi connectivity index (χ1) is 10.7. The molecule has 0 aliphatic rings. The van der Waals surface area contributed by atoms with Crippen LogP contribution in [0.25, 0.3) is 16.6 Å². The zero-order valence-electron chi connectivity index (χ0n) is 12.5. The van der Waals surface area contributed by atoms with E-state index < -0.39 is 5.97 Å². The molecule has 0 aliphatic heterocycles. The summed E-state index contributed by atoms with van der Waals surface area (Å²) < 4.78 is 7.18. The first-order valence-corrected chi connectivity index (χ1v) is 7.16. The van der Waals surface area contributed by atoms with E-state index in [-0.39, 0.29) is 0 Å². The highest BCUT2D eigenvalue weighted by Gasteiger charge is 2.18. The van der Waals surface area contributed by atoms with Crippen molar-refractivity contribution in [3.05, 3.63) is 59.9 Å². The van der Waals surface area contributed by atoms with E-state index in [1.807, 2.05) is 53.2 Å². The second-order valence-corrected chi connectivity index (χ2v) is 5.10. The van der Waals surface area contributed by atoms with Gasteiger partial charge in [-0.1, -0.05) is 19.1 Å². The van der Waals surface area contributed by atoms with Gasteiger partial charge in [-0.15, -0.1) is 0 Å². The molecule has 0 saturated heterocycles. The molecule has 2 heterocycles. The zero-order chi connectivity index (χ0) is 15.7. The molecule has 1 aromatic carbocycles. The van der Waals surface area contributed by atoms with Crippen molar-refractivity contribution in [2.45, 2.75) is 13.3 Å². The predicted molar refractivity (Wildman–Crippen MR) is 85.7 cm³/mol. The molecule has 0 spiro atoms. The Labute approximate surface area is 128 Å². The van der Waals surface area contributed by atoms with Crippen molar-refractivity contribution in [1.82, 2.24) is 4.40 Å². The van der Waals surface area contributed by atoms with Crippen LogP contribution >= 0.6 is 0 Å². The lowest BCUT2D eigenvalue weighted by Gasteiger charge is -2.09. The summed E-state index contributed by atoms with van der Waals surface area (Å²) in [5, 5.41) is 9.60. The molecule has 0 aliphatic carbocycles. The summed E-state index contributed by atoms with van der Waals surface area (Å²) in [6, 6.07) is 11.3. The third-order valence-corrected chi connectivity index (χ3v) is 3.87. The van der Waals surface area contributed by atoms with Crippen molar-refractivity contribution in [3.63, 3.8) is 0 Å². The number of carboxylic acid groups (broad SMARTS) is 1. The highest BCUT2D eigenvalue weighted by atomic mass is 16.5. The number of ether oxygens (including phenoxy) is 1. The molecule has 4 nitrogen and oxygen atoms in total. The summed E-state index contributed by atoms with van der Waals surface area (Å²) in [5.74, 6) is -0.0931. The lowest BCUT2D eigenvalue weighted by Crippen LogP contribution is -1.98. The van der Waals surface area contributed by atoms with Gasteiger partial charge in [-0.25, -0.2) is 4.79 Å². The van der Waals surface area contributed by atoms with Crippen LogP contribution in [-0.4, -0.2) is 22.6 Å². The summed E-state index contributed by atoms with van der Waals surface area (Å²) in [6.45, 7) is 2.05. The molecule has 1 N–H and O–H groups in total. The van der Waals surface area contributed by atoms with Crippen molar-refractivity contribution in [2.24, 2.45) is 0 Å². The number of hydrogen-bond acceptors (Lipinski definition) is 2. The Morgan fingerprint density at radius 1 is 1.27 bits per heavy atom. The molecule has 0 unspecified atom stereocenters. The Kier molecular flexibility index (Phi) is 3.59. The molecule has 0 radical (unpaired) electrons. The maximum atomic E-state index is 11.7. The molecule has 0 bridgehead atoms. The van der Waals surface area contributed by atoms with E-state index in [0.29, 0.717) is 11.1 Å². The molecule has 0 atom stereocenters. The molecule has 0 saturated carbocycles. The predicted octanol–water partition coefficient (Wildman–Crippen LogP) is 3.88. The van der Waals surface area contributed by atoms with Gasteiger partial charge in [0.1, 0.15) is 5.75 Å². The Hall–Kier alpha value is -2.75. The van der Waals surface area contributed by atoms with Gasteiger partial charge in [0.25, 0.3) is 0 Å². The van der Waals surface area contributed by atoms with E-state index >= 15 is 0 Å². The molecule has 112 valence electrons. The van der Waals surface area contributed by atoms with Crippen molar-refractivity contribution in [1.29, 1.82) is 0 Å². The summed E-state index contributed by atoms with van der Waals surface area (Å²) in [4.78, 5) is 11.7. The zero-order valence-corrected chi connectivity index (χ0v) is 12.5. The van der Waals surface area contributed by atoms with E-state index in [4.69, 9.17) is 4.74 Å². The van der Waals surface area contributed by atoms with Crippen LogP contribution in [0.3, 0.4) is 0 Å². The lowest BCUT2D eigenvalue weighted by atomic mass is 10.00. The maximum absolute atomic E-state index is 11.7. The van der Waals surface area contributed by atoms with Gasteiger partial charge in [-0.05, 0) is 41.8 Å². The fourth-order valence-electron chi connectivity index (χ4n) is 2.79. The van der Waals surface area contributed by atoms with Gasteiger partial charge in [0.05, 0.1) is 18.2 Å². The van der Waals surface area contributed by atoms with E-state index in [9.17, 15) is 9.90 Å². The first kappa shape index (κ1) is 14.2. The van der Waals surface area contributed by atoms with Gasteiger partial charge in [-0.3, -0.25) is 0 Å². The fourth-order valence-corrected chi connectivity index (χ4v) is 2.79. The Bertz CT molecular complexity index is 849. The smallest absolute Gasteiger partial charge is 0.338 e. The van der Waals surface area contributed by atoms with Gasteiger partial charge in [0.2, 0.25) is 0 Å². The van der Waals surface area contributed by atoms with Crippen LogP contribution < -0.4 is 4.74 Å². The van der Waals surface area contributed by atoms with E-state index in [0.717, 1.165) is 28.9 Å². The molecule has 3 rings (SSSR count). The van der Waals surface area contributed by atoms with Gasteiger partial charge >= 0.3 is 5.97 Å². The van der Waals surface area contributed by atoms with Crippen LogP contribution in [0.1, 0.15) is 22.8 Å². The van der Waals surface area contributed by atoms with Crippen molar-refractivity contribution in [3.8, 4) is 16.9 Å². The number of rotatable bonds is 4. The van der Waals surface area contributed by atoms with Crippen LogP contribution in [0.4, 0.5) is 0 Å². The number of hydrogen-bond donors (Lipinski definition) is 1. The second-order valence-electron chi connectivity index (χ2n) is 5.10. The Balaban J connectivity index is 2.26. The third kappa shape index (κ3) is 2.22. The number of methoxy groups -OCH3 is 1. The molecule has 0 fully saturated rings. The van der Waals surface area contributed by atoms with E-state index in [1.165, 1.54) is 0 Å². The minimum absolute atomic E-state index is 0.327. The number of aryl methyl sites for hydroxylation is 1. The SMILES string of the molecule is CCc1cc(-c2cn3ccccc3c2C(=O)O)ccc1OC. The Morgan fingerprint density at radius 3 is 2.77 bits per heavy atom. The normalized spacial score (nSPS) is 10.8. The number of carbonyl (C=O) groups is 1. The molecule has 2 aromatic heterocycles. The molecular weight excluding hydrogens is 278 g/mol. The molecule has 4 heteroatoms. The van der Waals surface area contributed by atoms with Crippen molar-refractivity contribution < 1.29 is 14.6 Å². The molecular formula is C18H17NO3. The molecule has 22 heavy (non-hydrogen) atoms. The van der Waals surface area contributed by atoms with Crippen LogP contribution in [0.5, 0.6) is 5.75 Å². The quantitative estimate of drug-likeness (QED) is 0.794. The number of aromatic carboxylic acids is 1. The Morgan fingerprint density at radius 2 is 2.09 bits per heavy atom. The summed E-state index contributed by atoms with van der Waals surface area (Å²) in [5.41, 5.74) is 3.69. The fraction of sp³-hybridized carbons (Fsp3) is 0.167. The monoisotopic (exact) mass is 295 g/mol. The van der Waals surface area contributed by atoms with Gasteiger partial charge < -0.3 is 14.2 Å². The van der Waals surface area contributed by atoms with Crippen LogP contribution in [-0.2, 0) is 6.42 Å². The number of fused-ring (bicyclic) bond motifs is 1. The topological polar surface area (TPSA) is 50.9 Å². The number of pyridine rings is 1. The van der Waals surface area contributed by atoms with Crippen LogP contribution in [0, 0.1) is 0 Å². The number of nitrogens with zero attached hydrogens (tertiary/aromatic N) is 1. The number of carboxylic acids is 1. The van der Waals surface area contributed by atoms with Gasteiger partial charge in [-0.2, -0.15) is 0 Å². The number of benzene rings is 1. The molecule has 3 aromatic rings. The van der Waals surface area contributed by atoms with Crippen molar-refractivity contribution in [2.75, 3.05) is 7.11 Å². The minimum Gasteiger partial charge on any atom is -0.496 e. The van der Waals surface area contributed by atoms with E-state index in [2.05, 4.69) is 6.92 Å². The summed E-state index contributed by atoms with van der Waals surface area (Å²) in [6.07, 6.45) is 4.54. The van der Waals surface area contributed by atoms with Gasteiger partial charge in [0, 0.05) is 18.0 Å². The van der Waals surface area contributed by atoms with Crippen LogP contribution in [0.15, 0.2) is 48.8 Å². The summed E-state index contributed by atoms with van der Waals surface area (Å²) in [7, 11) is 1.64. The average Bonchev–Trinajstić information content (AvgIpc) is 2.93. The first-order valence-electron chi connectivity index (χ1n) is 7.16.